The molecule has 0 aromatic rings. The Kier molecular flexibility index (Phi) is 13.3. The van der Waals surface area contributed by atoms with E-state index in [1.54, 1.807) is 7.11 Å². The molecule has 0 bridgehead atoms. The first-order chi connectivity index (χ1) is 8.70. The SMILES string of the molecule is [CH2]CC(CCCCCCCCCOC(C)C)OC. The first-order valence-electron chi connectivity index (χ1n) is 7.64. The van der Waals surface area contributed by atoms with Crippen molar-refractivity contribution in [2.75, 3.05) is 13.7 Å². The molecule has 109 valence electrons. The summed E-state index contributed by atoms with van der Waals surface area (Å²) in [7, 11) is 1.79. The first-order valence-corrected chi connectivity index (χ1v) is 7.64. The van der Waals surface area contributed by atoms with E-state index >= 15 is 0 Å². The molecule has 0 N–H and O–H groups in total. The second-order valence-corrected chi connectivity index (χ2v) is 5.33. The molecule has 0 amide bonds. The number of methoxy groups -OCH3 is 1. The average Bonchev–Trinajstić information content (AvgIpc) is 2.36. The van der Waals surface area contributed by atoms with Gasteiger partial charge in [-0.15, -0.1) is 0 Å². The summed E-state index contributed by atoms with van der Waals surface area (Å²) in [5, 5.41) is 0. The van der Waals surface area contributed by atoms with Crippen molar-refractivity contribution >= 4 is 0 Å². The summed E-state index contributed by atoms with van der Waals surface area (Å²) in [6, 6.07) is 0. The lowest BCUT2D eigenvalue weighted by atomic mass is 10.1. The molecule has 0 fully saturated rings. The molecule has 0 heterocycles. The van der Waals surface area contributed by atoms with E-state index in [1.807, 2.05) is 0 Å². The van der Waals surface area contributed by atoms with Gasteiger partial charge in [0.1, 0.15) is 0 Å². The molecule has 1 atom stereocenters. The topological polar surface area (TPSA) is 18.5 Å². The maximum atomic E-state index is 5.52. The molecule has 0 aliphatic rings. The van der Waals surface area contributed by atoms with E-state index in [0.29, 0.717) is 12.2 Å². The third kappa shape index (κ3) is 12.4. The van der Waals surface area contributed by atoms with E-state index in [9.17, 15) is 0 Å². The number of rotatable bonds is 13. The monoisotopic (exact) mass is 257 g/mol. The Hall–Kier alpha value is -0.0800. The largest absolute Gasteiger partial charge is 0.381 e. The van der Waals surface area contributed by atoms with Crippen LogP contribution in [0.2, 0.25) is 0 Å². The predicted octanol–water partition coefficient (Wildman–Crippen LogP) is 4.77. The summed E-state index contributed by atoms with van der Waals surface area (Å²) in [6.07, 6.45) is 12.0. The van der Waals surface area contributed by atoms with Crippen LogP contribution in [-0.4, -0.2) is 25.9 Å². The number of hydrogen-bond acceptors (Lipinski definition) is 2. The minimum absolute atomic E-state index is 0.373. The van der Waals surface area contributed by atoms with Crippen molar-refractivity contribution in [3.05, 3.63) is 6.92 Å². The molecular weight excluding hydrogens is 224 g/mol. The average molecular weight is 257 g/mol. The number of unbranched alkanes of at least 4 members (excludes halogenated alkanes) is 6. The maximum absolute atomic E-state index is 5.52. The van der Waals surface area contributed by atoms with Crippen LogP contribution in [0, 0.1) is 6.92 Å². The predicted molar refractivity (Wildman–Crippen MR) is 78.8 cm³/mol. The molecule has 0 aromatic carbocycles. The third-order valence-corrected chi connectivity index (χ3v) is 3.28. The first kappa shape index (κ1) is 17.9. The summed E-state index contributed by atoms with van der Waals surface area (Å²) in [5.41, 5.74) is 0. The van der Waals surface area contributed by atoms with Gasteiger partial charge in [-0.25, -0.2) is 0 Å². The van der Waals surface area contributed by atoms with Gasteiger partial charge in [0.2, 0.25) is 0 Å². The van der Waals surface area contributed by atoms with E-state index in [-0.39, 0.29) is 0 Å². The van der Waals surface area contributed by atoms with Crippen LogP contribution in [0.4, 0.5) is 0 Å². The highest BCUT2D eigenvalue weighted by Gasteiger charge is 2.02. The van der Waals surface area contributed by atoms with Gasteiger partial charge in [0.25, 0.3) is 0 Å². The number of hydrogen-bond donors (Lipinski definition) is 0. The van der Waals surface area contributed by atoms with Gasteiger partial charge in [-0.05, 0) is 33.1 Å². The lowest BCUT2D eigenvalue weighted by Crippen LogP contribution is -2.08. The Balaban J connectivity index is 3.07. The second-order valence-electron chi connectivity index (χ2n) is 5.33. The fourth-order valence-electron chi connectivity index (χ4n) is 2.06. The molecule has 0 aliphatic carbocycles. The Morgan fingerprint density at radius 2 is 1.44 bits per heavy atom. The van der Waals surface area contributed by atoms with E-state index in [0.717, 1.165) is 13.0 Å². The van der Waals surface area contributed by atoms with Crippen LogP contribution in [-0.2, 0) is 9.47 Å². The van der Waals surface area contributed by atoms with E-state index in [1.165, 1.54) is 51.4 Å². The zero-order valence-corrected chi connectivity index (χ0v) is 12.7. The highest BCUT2D eigenvalue weighted by Crippen LogP contribution is 2.12. The zero-order chi connectivity index (χ0) is 13.6. The fraction of sp³-hybridized carbons (Fsp3) is 0.938. The molecule has 0 saturated heterocycles. The molecule has 0 aromatic heterocycles. The molecule has 2 nitrogen and oxygen atoms in total. The van der Waals surface area contributed by atoms with Gasteiger partial charge in [0.05, 0.1) is 12.2 Å². The Morgan fingerprint density at radius 3 is 1.94 bits per heavy atom. The molecule has 0 rings (SSSR count). The molecule has 1 radical (unpaired) electrons. The smallest absolute Gasteiger partial charge is 0.0571 e. The van der Waals surface area contributed by atoms with Crippen LogP contribution in [0.3, 0.4) is 0 Å². The van der Waals surface area contributed by atoms with Gasteiger partial charge in [-0.2, -0.15) is 0 Å². The van der Waals surface area contributed by atoms with Crippen LogP contribution >= 0.6 is 0 Å². The van der Waals surface area contributed by atoms with Crippen LogP contribution in [0.5, 0.6) is 0 Å². The minimum atomic E-state index is 0.373. The fourth-order valence-corrected chi connectivity index (χ4v) is 2.06. The van der Waals surface area contributed by atoms with Crippen molar-refractivity contribution in [2.45, 2.75) is 83.8 Å². The summed E-state index contributed by atoms with van der Waals surface area (Å²) >= 11 is 0. The van der Waals surface area contributed by atoms with E-state index in [4.69, 9.17) is 9.47 Å². The van der Waals surface area contributed by atoms with E-state index in [2.05, 4.69) is 20.8 Å². The molecule has 18 heavy (non-hydrogen) atoms. The standard InChI is InChI=1S/C16H33O2/c1-5-16(17-4)13-11-9-7-6-8-10-12-14-18-15(2)3/h15-16H,1,5-14H2,2-4H3. The zero-order valence-electron chi connectivity index (χ0n) is 12.7. The quantitative estimate of drug-likeness (QED) is 0.442. The van der Waals surface area contributed by atoms with Crippen LogP contribution in [0.25, 0.3) is 0 Å². The molecule has 2 heteroatoms. The molecular formula is C16H33O2. The molecule has 0 saturated carbocycles. The van der Waals surface area contributed by atoms with Crippen molar-refractivity contribution in [1.82, 2.24) is 0 Å². The minimum Gasteiger partial charge on any atom is -0.381 e. The van der Waals surface area contributed by atoms with Gasteiger partial charge in [0, 0.05) is 13.7 Å². The maximum Gasteiger partial charge on any atom is 0.0571 e. The van der Waals surface area contributed by atoms with Gasteiger partial charge in [0.15, 0.2) is 0 Å². The molecule has 1 unspecified atom stereocenters. The number of ether oxygens (including phenoxy) is 2. The van der Waals surface area contributed by atoms with Gasteiger partial charge >= 0.3 is 0 Å². The lowest BCUT2D eigenvalue weighted by molar-refractivity contribution is 0.0756. The summed E-state index contributed by atoms with van der Waals surface area (Å²) in [5.74, 6) is 0. The Morgan fingerprint density at radius 1 is 0.889 bits per heavy atom. The van der Waals surface area contributed by atoms with Crippen molar-refractivity contribution < 1.29 is 9.47 Å². The van der Waals surface area contributed by atoms with Crippen molar-refractivity contribution in [1.29, 1.82) is 0 Å². The Bertz CT molecular complexity index is 153. The summed E-state index contributed by atoms with van der Waals surface area (Å²) in [4.78, 5) is 0. The highest BCUT2D eigenvalue weighted by molar-refractivity contribution is 4.59. The van der Waals surface area contributed by atoms with Gasteiger partial charge < -0.3 is 9.47 Å². The van der Waals surface area contributed by atoms with Crippen LogP contribution < -0.4 is 0 Å². The summed E-state index contributed by atoms with van der Waals surface area (Å²) < 4.78 is 10.8. The molecule has 0 spiro atoms. The van der Waals surface area contributed by atoms with Gasteiger partial charge in [-0.1, -0.05) is 45.4 Å². The van der Waals surface area contributed by atoms with Crippen LogP contribution in [0.15, 0.2) is 0 Å². The van der Waals surface area contributed by atoms with Gasteiger partial charge in [-0.3, -0.25) is 0 Å². The summed E-state index contributed by atoms with van der Waals surface area (Å²) in [6.45, 7) is 9.01. The van der Waals surface area contributed by atoms with E-state index < -0.39 is 0 Å². The van der Waals surface area contributed by atoms with Crippen molar-refractivity contribution in [3.8, 4) is 0 Å². The second kappa shape index (κ2) is 13.4. The highest BCUT2D eigenvalue weighted by atomic mass is 16.5. The van der Waals surface area contributed by atoms with Crippen molar-refractivity contribution in [2.24, 2.45) is 0 Å². The normalized spacial score (nSPS) is 13.2. The van der Waals surface area contributed by atoms with Crippen LogP contribution in [0.1, 0.15) is 71.6 Å². The third-order valence-electron chi connectivity index (χ3n) is 3.28. The molecule has 0 aliphatic heterocycles. The Labute approximate surface area is 114 Å². The lowest BCUT2D eigenvalue weighted by Gasteiger charge is -2.12. The van der Waals surface area contributed by atoms with Crippen molar-refractivity contribution in [3.63, 3.8) is 0 Å².